The number of amides is 1. The fourth-order valence-electron chi connectivity index (χ4n) is 4.45. The highest BCUT2D eigenvalue weighted by Gasteiger charge is 2.32. The minimum Gasteiger partial charge on any atom is -0.379 e. The van der Waals surface area contributed by atoms with Gasteiger partial charge in [0.25, 0.3) is 0 Å². The third-order valence-electron chi connectivity index (χ3n) is 6.24. The highest BCUT2D eigenvalue weighted by molar-refractivity contribution is 7.12. The van der Waals surface area contributed by atoms with Crippen molar-refractivity contribution in [2.24, 2.45) is 0 Å². The van der Waals surface area contributed by atoms with Crippen LogP contribution in [0.15, 0.2) is 42.7 Å². The van der Waals surface area contributed by atoms with Gasteiger partial charge in [0.05, 0.1) is 25.3 Å². The molecule has 2 aromatic heterocycles. The zero-order chi connectivity index (χ0) is 22.7. The molecule has 0 radical (unpaired) electrons. The molecule has 0 fully saturated rings. The number of hydrogen-bond acceptors (Lipinski definition) is 4. The van der Waals surface area contributed by atoms with Gasteiger partial charge >= 0.3 is 0 Å². The Labute approximate surface area is 195 Å². The van der Waals surface area contributed by atoms with E-state index < -0.39 is 0 Å². The molecule has 32 heavy (non-hydrogen) atoms. The maximum atomic E-state index is 14.0. The summed E-state index contributed by atoms with van der Waals surface area (Å²) in [5, 5.41) is 4.42. The molecule has 0 aliphatic heterocycles. The highest BCUT2D eigenvalue weighted by atomic mass is 32.1. The molecule has 0 saturated heterocycles. The van der Waals surface area contributed by atoms with Gasteiger partial charge in [-0.1, -0.05) is 26.0 Å². The smallest absolute Gasteiger partial charge is 0.234 e. The molecule has 3 aromatic rings. The summed E-state index contributed by atoms with van der Waals surface area (Å²) in [5.41, 5.74) is 4.48. The average Bonchev–Trinajstić information content (AvgIpc) is 3.43. The second-order valence-corrected chi connectivity index (χ2v) is 10.1. The summed E-state index contributed by atoms with van der Waals surface area (Å²) in [6, 6.07) is 10.7. The van der Waals surface area contributed by atoms with Crippen LogP contribution >= 0.6 is 11.3 Å². The number of carbonyl (C=O) groups excluding carboxylic acids is 1. The third-order valence-corrected chi connectivity index (χ3v) is 7.42. The molecule has 0 N–H and O–H groups in total. The molecule has 4 rings (SSSR count). The second kappa shape index (κ2) is 10.0. The van der Waals surface area contributed by atoms with Gasteiger partial charge in [-0.05, 0) is 61.4 Å². The molecule has 5 nitrogen and oxygen atoms in total. The maximum absolute atomic E-state index is 14.0. The van der Waals surface area contributed by atoms with Crippen molar-refractivity contribution in [3.63, 3.8) is 0 Å². The Kier molecular flexibility index (Phi) is 7.11. The summed E-state index contributed by atoms with van der Waals surface area (Å²) >= 11 is 1.79. The van der Waals surface area contributed by atoms with Crippen LogP contribution in [0.25, 0.3) is 0 Å². The number of methoxy groups -OCH3 is 1. The fourth-order valence-corrected chi connectivity index (χ4v) is 5.69. The number of hydrogen-bond donors (Lipinski definition) is 0. The minimum atomic E-state index is -0.105. The molecule has 1 atom stereocenters. The number of aromatic nitrogens is 2. The molecule has 1 unspecified atom stereocenters. The number of benzene rings is 1. The fraction of sp³-hybridized carbons (Fsp3) is 0.462. The minimum absolute atomic E-state index is 0.105. The molecule has 170 valence electrons. The van der Waals surface area contributed by atoms with E-state index in [4.69, 9.17) is 4.74 Å². The SMILES string of the molecule is CCn1cc(CN(C(=O)C2CCCc3sc(COC)cc32)c2ccc(C(C)C)cc2)cn1. The molecular formula is C26H33N3O2S. The molecule has 1 amide bonds. The topological polar surface area (TPSA) is 47.4 Å². The summed E-state index contributed by atoms with van der Waals surface area (Å²) in [7, 11) is 1.72. The van der Waals surface area contributed by atoms with Crippen molar-refractivity contribution in [3.05, 3.63) is 69.2 Å². The number of rotatable bonds is 8. The van der Waals surface area contributed by atoms with E-state index in [1.54, 1.807) is 18.4 Å². The number of thiophene rings is 1. The van der Waals surface area contributed by atoms with Crippen molar-refractivity contribution in [2.45, 2.75) is 71.6 Å². The van der Waals surface area contributed by atoms with Crippen molar-refractivity contribution < 1.29 is 9.53 Å². The first-order valence-electron chi connectivity index (χ1n) is 11.5. The summed E-state index contributed by atoms with van der Waals surface area (Å²) < 4.78 is 7.26. The van der Waals surface area contributed by atoms with Crippen molar-refractivity contribution in [1.82, 2.24) is 9.78 Å². The van der Waals surface area contributed by atoms with Crippen LogP contribution in [-0.2, 0) is 35.6 Å². The van der Waals surface area contributed by atoms with Crippen LogP contribution in [0, 0.1) is 0 Å². The second-order valence-electron chi connectivity index (χ2n) is 8.84. The van der Waals surface area contributed by atoms with Gasteiger partial charge in [-0.3, -0.25) is 9.48 Å². The lowest BCUT2D eigenvalue weighted by molar-refractivity contribution is -0.120. The monoisotopic (exact) mass is 451 g/mol. The number of fused-ring (bicyclic) bond motifs is 1. The summed E-state index contributed by atoms with van der Waals surface area (Å²) in [6.45, 7) is 8.40. The van der Waals surface area contributed by atoms with Crippen LogP contribution in [0.2, 0.25) is 0 Å². The Morgan fingerprint density at radius 1 is 1.31 bits per heavy atom. The lowest BCUT2D eigenvalue weighted by Gasteiger charge is -2.30. The molecule has 0 bridgehead atoms. The van der Waals surface area contributed by atoms with E-state index in [9.17, 15) is 4.79 Å². The number of carbonyl (C=O) groups is 1. The Bertz CT molecular complexity index is 1050. The molecule has 1 aromatic carbocycles. The van der Waals surface area contributed by atoms with Gasteiger partial charge in [0, 0.05) is 40.9 Å². The molecule has 1 aliphatic rings. The predicted molar refractivity (Wildman–Crippen MR) is 130 cm³/mol. The molecular weight excluding hydrogens is 418 g/mol. The standard InChI is InChI=1S/C26H33N3O2S/c1-5-28-15-19(14-27-28)16-29(21-11-9-20(10-12-21)18(2)3)26(30)23-7-6-8-25-24(23)13-22(32-25)17-31-4/h9-15,18,23H,5-8,16-17H2,1-4H3. The molecule has 1 aliphatic carbocycles. The van der Waals surface area contributed by atoms with Gasteiger partial charge in [-0.2, -0.15) is 5.10 Å². The quantitative estimate of drug-likeness (QED) is 0.429. The van der Waals surface area contributed by atoms with E-state index >= 15 is 0 Å². The van der Waals surface area contributed by atoms with Crippen molar-refractivity contribution in [1.29, 1.82) is 0 Å². The molecule has 0 spiro atoms. The first kappa shape index (κ1) is 22.7. The zero-order valence-electron chi connectivity index (χ0n) is 19.5. The Morgan fingerprint density at radius 2 is 2.09 bits per heavy atom. The average molecular weight is 452 g/mol. The van der Waals surface area contributed by atoms with Crippen LogP contribution in [-0.4, -0.2) is 22.8 Å². The van der Waals surface area contributed by atoms with Crippen LogP contribution in [0.4, 0.5) is 5.69 Å². The highest BCUT2D eigenvalue weighted by Crippen LogP contribution is 2.39. The maximum Gasteiger partial charge on any atom is 0.234 e. The number of nitrogens with zero attached hydrogens (tertiary/aromatic N) is 3. The first-order valence-corrected chi connectivity index (χ1v) is 12.3. The van der Waals surface area contributed by atoms with Gasteiger partial charge < -0.3 is 9.64 Å². The third kappa shape index (κ3) is 4.81. The van der Waals surface area contributed by atoms with Gasteiger partial charge in [0.2, 0.25) is 5.91 Å². The molecule has 6 heteroatoms. The van der Waals surface area contributed by atoms with Crippen molar-refractivity contribution in [2.75, 3.05) is 12.0 Å². The largest absolute Gasteiger partial charge is 0.379 e. The number of ether oxygens (including phenoxy) is 1. The van der Waals surface area contributed by atoms with Gasteiger partial charge in [0.1, 0.15) is 0 Å². The van der Waals surface area contributed by atoms with Gasteiger partial charge in [-0.25, -0.2) is 0 Å². The van der Waals surface area contributed by atoms with E-state index in [-0.39, 0.29) is 11.8 Å². The van der Waals surface area contributed by atoms with Gasteiger partial charge in [-0.15, -0.1) is 11.3 Å². The molecule has 2 heterocycles. The summed E-state index contributed by atoms with van der Waals surface area (Å²) in [4.78, 5) is 18.5. The lowest BCUT2D eigenvalue weighted by Crippen LogP contribution is -2.35. The lowest BCUT2D eigenvalue weighted by atomic mass is 9.86. The number of anilines is 1. The van der Waals surface area contributed by atoms with E-state index in [2.05, 4.69) is 56.2 Å². The summed E-state index contributed by atoms with van der Waals surface area (Å²) in [5.74, 6) is 0.530. The van der Waals surface area contributed by atoms with Crippen molar-refractivity contribution in [3.8, 4) is 0 Å². The first-order chi connectivity index (χ1) is 15.5. The zero-order valence-corrected chi connectivity index (χ0v) is 20.3. The molecule has 0 saturated carbocycles. The normalized spacial score (nSPS) is 15.7. The Morgan fingerprint density at radius 3 is 2.75 bits per heavy atom. The van der Waals surface area contributed by atoms with Crippen LogP contribution in [0.3, 0.4) is 0 Å². The predicted octanol–water partition coefficient (Wildman–Crippen LogP) is 5.89. The number of aryl methyl sites for hydroxylation is 2. The van der Waals surface area contributed by atoms with E-state index in [0.717, 1.165) is 37.1 Å². The van der Waals surface area contributed by atoms with E-state index in [1.807, 2.05) is 22.0 Å². The summed E-state index contributed by atoms with van der Waals surface area (Å²) in [6.07, 6.45) is 6.91. The van der Waals surface area contributed by atoms with E-state index in [1.165, 1.54) is 20.9 Å². The van der Waals surface area contributed by atoms with Crippen LogP contribution in [0.1, 0.15) is 71.9 Å². The Balaban J connectivity index is 1.67. The van der Waals surface area contributed by atoms with Crippen LogP contribution in [0.5, 0.6) is 0 Å². The van der Waals surface area contributed by atoms with Crippen LogP contribution < -0.4 is 4.90 Å². The Hall–Kier alpha value is -2.44. The van der Waals surface area contributed by atoms with Gasteiger partial charge in [0.15, 0.2) is 0 Å². The van der Waals surface area contributed by atoms with E-state index in [0.29, 0.717) is 19.1 Å². The van der Waals surface area contributed by atoms with Crippen molar-refractivity contribution >= 4 is 22.9 Å².